The highest BCUT2D eigenvalue weighted by atomic mass is 15.5. The molecule has 0 atom stereocenters. The van der Waals surface area contributed by atoms with Crippen molar-refractivity contribution in [2.24, 2.45) is 5.41 Å². The van der Waals surface area contributed by atoms with Gasteiger partial charge in [-0.05, 0) is 41.5 Å². The number of hydrogen-bond acceptors (Lipinski definition) is 5. The summed E-state index contributed by atoms with van der Waals surface area (Å²) in [7, 11) is 0. The molecule has 1 N–H and O–H groups in total. The lowest BCUT2D eigenvalue weighted by Crippen LogP contribution is -2.30. The lowest BCUT2D eigenvalue weighted by atomic mass is 9.75. The number of aromatic nitrogens is 5. The molecule has 1 fully saturated rings. The van der Waals surface area contributed by atoms with Crippen molar-refractivity contribution in [2.45, 2.75) is 45.6 Å². The summed E-state index contributed by atoms with van der Waals surface area (Å²) in [4.78, 5) is 4.15. The van der Waals surface area contributed by atoms with Crippen molar-refractivity contribution in [1.29, 1.82) is 0 Å². The molecule has 0 radical (unpaired) electrons. The van der Waals surface area contributed by atoms with Gasteiger partial charge in [0.05, 0.1) is 12.4 Å². The van der Waals surface area contributed by atoms with Crippen LogP contribution >= 0.6 is 0 Å². The minimum atomic E-state index is 0.483. The Balaban J connectivity index is 1.75. The van der Waals surface area contributed by atoms with E-state index >= 15 is 0 Å². The highest BCUT2D eigenvalue weighted by molar-refractivity contribution is 5.44. The molecule has 0 spiro atoms. The van der Waals surface area contributed by atoms with Crippen LogP contribution in [0.15, 0.2) is 12.4 Å². The lowest BCUT2D eigenvalue weighted by Gasteiger charge is -2.34. The van der Waals surface area contributed by atoms with Crippen LogP contribution in [0.2, 0.25) is 0 Å². The molecule has 0 aliphatic heterocycles. The molecule has 6 nitrogen and oxygen atoms in total. The SMILES string of the molecule is CC1(C)CCC(Nc2cncc3nnnn23)CC1. The largest absolute Gasteiger partial charge is 0.366 e. The van der Waals surface area contributed by atoms with Gasteiger partial charge in [-0.15, -0.1) is 5.10 Å². The van der Waals surface area contributed by atoms with Gasteiger partial charge in [-0.1, -0.05) is 13.8 Å². The summed E-state index contributed by atoms with van der Waals surface area (Å²) in [5.41, 5.74) is 1.16. The summed E-state index contributed by atoms with van der Waals surface area (Å²) in [6.07, 6.45) is 8.32. The Hall–Kier alpha value is -1.72. The van der Waals surface area contributed by atoms with Crippen molar-refractivity contribution in [1.82, 2.24) is 25.0 Å². The number of nitrogens with one attached hydrogen (secondary N) is 1. The van der Waals surface area contributed by atoms with Crippen molar-refractivity contribution in [2.75, 3.05) is 5.32 Å². The highest BCUT2D eigenvalue weighted by Crippen LogP contribution is 2.35. The molecule has 2 heterocycles. The second-order valence-electron chi connectivity index (χ2n) is 5.82. The van der Waals surface area contributed by atoms with Crippen molar-refractivity contribution in [3.8, 4) is 0 Å². The molecule has 0 aromatic carbocycles. The van der Waals surface area contributed by atoms with Crippen LogP contribution < -0.4 is 5.32 Å². The van der Waals surface area contributed by atoms with Gasteiger partial charge in [-0.3, -0.25) is 4.98 Å². The van der Waals surface area contributed by atoms with Crippen LogP contribution in [0.3, 0.4) is 0 Å². The summed E-state index contributed by atoms with van der Waals surface area (Å²) in [6, 6.07) is 0.495. The zero-order chi connectivity index (χ0) is 12.6. The second kappa shape index (κ2) is 4.19. The van der Waals surface area contributed by atoms with Gasteiger partial charge in [-0.2, -0.15) is 4.52 Å². The summed E-state index contributed by atoms with van der Waals surface area (Å²) in [6.45, 7) is 4.68. The molecule has 3 rings (SSSR count). The first-order chi connectivity index (χ1) is 8.64. The van der Waals surface area contributed by atoms with Crippen molar-refractivity contribution >= 4 is 11.5 Å². The topological polar surface area (TPSA) is 68.0 Å². The Morgan fingerprint density at radius 3 is 2.83 bits per heavy atom. The molecular weight excluding hydrogens is 228 g/mol. The number of fused-ring (bicyclic) bond motifs is 1. The van der Waals surface area contributed by atoms with E-state index in [4.69, 9.17) is 0 Å². The van der Waals surface area contributed by atoms with E-state index in [0.29, 0.717) is 17.1 Å². The van der Waals surface area contributed by atoms with Gasteiger partial charge in [-0.25, -0.2) is 0 Å². The smallest absolute Gasteiger partial charge is 0.199 e. The maximum absolute atomic E-state index is 4.15. The van der Waals surface area contributed by atoms with E-state index in [0.717, 1.165) is 5.82 Å². The van der Waals surface area contributed by atoms with Crippen molar-refractivity contribution in [3.05, 3.63) is 12.4 Å². The standard InChI is InChI=1S/C12H18N6/c1-12(2)5-3-9(4-6-12)14-10-7-13-8-11-15-16-17-18(10)11/h7-9,14H,3-6H2,1-2H3. The second-order valence-corrected chi connectivity index (χ2v) is 5.82. The summed E-state index contributed by atoms with van der Waals surface area (Å²) in [5, 5.41) is 15.0. The number of tetrazole rings is 1. The molecule has 0 amide bonds. The molecule has 96 valence electrons. The van der Waals surface area contributed by atoms with E-state index in [2.05, 4.69) is 39.7 Å². The van der Waals surface area contributed by atoms with Gasteiger partial charge in [0.25, 0.3) is 0 Å². The molecule has 6 heteroatoms. The van der Waals surface area contributed by atoms with Gasteiger partial charge in [0.15, 0.2) is 11.5 Å². The first kappa shape index (κ1) is 11.4. The third kappa shape index (κ3) is 2.14. The monoisotopic (exact) mass is 246 g/mol. The minimum absolute atomic E-state index is 0.483. The van der Waals surface area contributed by atoms with Crippen LogP contribution in [0.4, 0.5) is 5.82 Å². The van der Waals surface area contributed by atoms with Crippen molar-refractivity contribution < 1.29 is 0 Å². The van der Waals surface area contributed by atoms with Gasteiger partial charge in [0.2, 0.25) is 0 Å². The predicted molar refractivity (Wildman–Crippen MR) is 68.2 cm³/mol. The fourth-order valence-corrected chi connectivity index (χ4v) is 2.53. The van der Waals surface area contributed by atoms with E-state index in [1.54, 1.807) is 16.9 Å². The number of nitrogens with zero attached hydrogens (tertiary/aromatic N) is 5. The summed E-state index contributed by atoms with van der Waals surface area (Å²) >= 11 is 0. The Kier molecular flexibility index (Phi) is 2.65. The number of rotatable bonds is 2. The molecule has 0 unspecified atom stereocenters. The zero-order valence-corrected chi connectivity index (χ0v) is 10.8. The summed E-state index contributed by atoms with van der Waals surface area (Å²) in [5.74, 6) is 0.877. The molecule has 1 saturated carbocycles. The van der Waals surface area contributed by atoms with Gasteiger partial charge >= 0.3 is 0 Å². The maximum atomic E-state index is 4.15. The van der Waals surface area contributed by atoms with E-state index in [1.165, 1.54) is 25.7 Å². The third-order valence-electron chi connectivity index (χ3n) is 3.80. The van der Waals surface area contributed by atoms with Gasteiger partial charge in [0, 0.05) is 6.04 Å². The fourth-order valence-electron chi connectivity index (χ4n) is 2.53. The average molecular weight is 246 g/mol. The quantitative estimate of drug-likeness (QED) is 0.876. The Bertz CT molecular complexity index is 536. The minimum Gasteiger partial charge on any atom is -0.366 e. The van der Waals surface area contributed by atoms with Crippen LogP contribution in [-0.4, -0.2) is 31.1 Å². The molecule has 1 aliphatic carbocycles. The van der Waals surface area contributed by atoms with Crippen LogP contribution in [-0.2, 0) is 0 Å². The van der Waals surface area contributed by atoms with Crippen LogP contribution in [0.5, 0.6) is 0 Å². The lowest BCUT2D eigenvalue weighted by molar-refractivity contribution is 0.232. The number of anilines is 1. The van der Waals surface area contributed by atoms with Crippen LogP contribution in [0.1, 0.15) is 39.5 Å². The van der Waals surface area contributed by atoms with E-state index in [9.17, 15) is 0 Å². The van der Waals surface area contributed by atoms with Crippen LogP contribution in [0, 0.1) is 5.41 Å². The molecular formula is C12H18N6. The highest BCUT2D eigenvalue weighted by Gasteiger charge is 2.27. The Morgan fingerprint density at radius 2 is 2.06 bits per heavy atom. The molecule has 2 aromatic heterocycles. The number of hydrogen-bond donors (Lipinski definition) is 1. The first-order valence-corrected chi connectivity index (χ1v) is 6.43. The summed E-state index contributed by atoms with van der Waals surface area (Å²) < 4.78 is 1.70. The first-order valence-electron chi connectivity index (χ1n) is 6.43. The fraction of sp³-hybridized carbons (Fsp3) is 0.667. The predicted octanol–water partition coefficient (Wildman–Crippen LogP) is 1.90. The normalized spacial score (nSPS) is 20.1. The van der Waals surface area contributed by atoms with Gasteiger partial charge in [0.1, 0.15) is 0 Å². The van der Waals surface area contributed by atoms with Crippen LogP contribution in [0.25, 0.3) is 5.65 Å². The van der Waals surface area contributed by atoms with E-state index in [-0.39, 0.29) is 0 Å². The Morgan fingerprint density at radius 1 is 1.28 bits per heavy atom. The maximum Gasteiger partial charge on any atom is 0.199 e. The van der Waals surface area contributed by atoms with E-state index in [1.807, 2.05) is 0 Å². The molecule has 0 bridgehead atoms. The molecule has 0 saturated heterocycles. The van der Waals surface area contributed by atoms with E-state index < -0.39 is 0 Å². The molecule has 18 heavy (non-hydrogen) atoms. The molecule has 1 aliphatic rings. The molecule has 2 aromatic rings. The van der Waals surface area contributed by atoms with Gasteiger partial charge < -0.3 is 5.32 Å². The Labute approximate surface area is 106 Å². The average Bonchev–Trinajstić information content (AvgIpc) is 2.81. The third-order valence-corrected chi connectivity index (χ3v) is 3.80. The van der Waals surface area contributed by atoms with Crippen molar-refractivity contribution in [3.63, 3.8) is 0 Å². The zero-order valence-electron chi connectivity index (χ0n) is 10.8.